The van der Waals surface area contributed by atoms with E-state index in [4.69, 9.17) is 20.5 Å². The molecule has 11 heteroatoms. The van der Waals surface area contributed by atoms with Crippen LogP contribution in [-0.2, 0) is 4.79 Å². The van der Waals surface area contributed by atoms with Gasteiger partial charge in [-0.3, -0.25) is 9.69 Å². The number of hydrogen-bond donors (Lipinski definition) is 6. The van der Waals surface area contributed by atoms with Gasteiger partial charge in [0.05, 0.1) is 0 Å². The summed E-state index contributed by atoms with van der Waals surface area (Å²) in [5.74, 6) is -2.45. The molecule has 1 aliphatic rings. The molecule has 2 atom stereocenters. The van der Waals surface area contributed by atoms with E-state index >= 15 is 0 Å². The number of aromatic carboxylic acids is 1. The van der Waals surface area contributed by atoms with Gasteiger partial charge in [0, 0.05) is 38.6 Å². The Morgan fingerprint density at radius 1 is 1.33 bits per heavy atom. The van der Waals surface area contributed by atoms with Crippen LogP contribution in [0, 0.1) is 5.92 Å². The molecule has 0 bridgehead atoms. The van der Waals surface area contributed by atoms with E-state index in [1.54, 1.807) is 6.92 Å². The van der Waals surface area contributed by atoms with Crippen LogP contribution in [0.5, 0.6) is 11.5 Å². The molecule has 1 heterocycles. The van der Waals surface area contributed by atoms with Gasteiger partial charge >= 0.3 is 13.1 Å². The number of nitrogens with zero attached hydrogens (tertiary/aromatic N) is 1. The van der Waals surface area contributed by atoms with E-state index in [-0.39, 0.29) is 35.6 Å². The van der Waals surface area contributed by atoms with Crippen molar-refractivity contribution in [3.63, 3.8) is 0 Å². The summed E-state index contributed by atoms with van der Waals surface area (Å²) in [4.78, 5) is 25.6. The number of carboxylic acid groups (broad SMARTS) is 1. The molecule has 0 radical (unpaired) electrons. The fourth-order valence-electron chi connectivity index (χ4n) is 3.50. The van der Waals surface area contributed by atoms with Gasteiger partial charge in [0.25, 0.3) is 0 Å². The number of nitrogens with one attached hydrogen (secondary N) is 1. The molecule has 0 unspecified atom stereocenters. The number of rotatable bonds is 11. The van der Waals surface area contributed by atoms with E-state index in [0.29, 0.717) is 38.3 Å². The molecule has 1 amide bonds. The normalized spacial score (nSPS) is 16.4. The highest BCUT2D eigenvalue weighted by Crippen LogP contribution is 2.37. The summed E-state index contributed by atoms with van der Waals surface area (Å²) in [6.07, 6.45) is -0.300. The Bertz CT molecular complexity index is 756. The number of likely N-dealkylation sites (tertiary alicyclic amines) is 1. The largest absolute Gasteiger partial charge is 0.507 e. The molecule has 166 valence electrons. The van der Waals surface area contributed by atoms with E-state index in [9.17, 15) is 19.8 Å². The third kappa shape index (κ3) is 6.08. The first-order chi connectivity index (χ1) is 14.1. The number of carbonyl (C=O) groups excluding carboxylic acids is 1. The lowest BCUT2D eigenvalue weighted by Crippen LogP contribution is -2.56. The number of carboxylic acids is 1. The van der Waals surface area contributed by atoms with Crippen molar-refractivity contribution in [2.75, 3.05) is 32.7 Å². The van der Waals surface area contributed by atoms with Crippen molar-refractivity contribution in [1.82, 2.24) is 10.2 Å². The van der Waals surface area contributed by atoms with Crippen LogP contribution in [-0.4, -0.2) is 83.0 Å². The van der Waals surface area contributed by atoms with Crippen LogP contribution in [0.2, 0.25) is 6.32 Å². The molecule has 30 heavy (non-hydrogen) atoms. The lowest BCUT2D eigenvalue weighted by molar-refractivity contribution is -0.125. The minimum Gasteiger partial charge on any atom is -0.507 e. The maximum absolute atomic E-state index is 11.9. The van der Waals surface area contributed by atoms with Gasteiger partial charge in [0.2, 0.25) is 5.91 Å². The van der Waals surface area contributed by atoms with E-state index in [1.165, 1.54) is 12.1 Å². The molecule has 0 spiro atoms. The topological polar surface area (TPSA) is 166 Å². The highest BCUT2D eigenvalue weighted by molar-refractivity contribution is 6.41. The first kappa shape index (κ1) is 23.9. The summed E-state index contributed by atoms with van der Waals surface area (Å²) in [5.41, 5.74) is 5.33. The summed E-state index contributed by atoms with van der Waals surface area (Å²) in [6.45, 7) is 5.91. The van der Waals surface area contributed by atoms with Crippen molar-refractivity contribution < 1.29 is 34.6 Å². The molecule has 10 nitrogen and oxygen atoms in total. The van der Waals surface area contributed by atoms with Crippen LogP contribution in [0.4, 0.5) is 0 Å². The SMILES string of the molecule is C[C@@H](CN1CC(Oc2ccc([C@@H](C)CB(O)O)c(O)c2C(=O)O)C1)C(=O)NCCN. The zero-order chi connectivity index (χ0) is 22.4. The molecular weight excluding hydrogens is 393 g/mol. The van der Waals surface area contributed by atoms with Crippen LogP contribution < -0.4 is 15.8 Å². The van der Waals surface area contributed by atoms with Crippen molar-refractivity contribution >= 4 is 19.0 Å². The summed E-state index contributed by atoms with van der Waals surface area (Å²) >= 11 is 0. The minimum atomic E-state index is -1.57. The van der Waals surface area contributed by atoms with E-state index in [0.717, 1.165) is 0 Å². The number of amides is 1. The Kier molecular flexibility index (Phi) is 8.48. The quantitative estimate of drug-likeness (QED) is 0.256. The fourth-order valence-corrected chi connectivity index (χ4v) is 3.50. The van der Waals surface area contributed by atoms with Crippen molar-refractivity contribution in [3.05, 3.63) is 23.3 Å². The van der Waals surface area contributed by atoms with Gasteiger partial charge in [0.1, 0.15) is 23.2 Å². The maximum atomic E-state index is 11.9. The van der Waals surface area contributed by atoms with Gasteiger partial charge in [-0.05, 0) is 23.9 Å². The Balaban J connectivity index is 1.99. The number of benzene rings is 1. The average molecular weight is 423 g/mol. The van der Waals surface area contributed by atoms with Gasteiger partial charge < -0.3 is 36.0 Å². The molecule has 0 aromatic heterocycles. The summed E-state index contributed by atoms with van der Waals surface area (Å²) in [5, 5.41) is 41.0. The van der Waals surface area contributed by atoms with Crippen LogP contribution in [0.3, 0.4) is 0 Å². The Labute approximate surface area is 175 Å². The zero-order valence-electron chi connectivity index (χ0n) is 17.2. The number of aromatic hydroxyl groups is 1. The second-order valence-corrected chi connectivity index (χ2v) is 7.74. The number of phenols is 1. The maximum Gasteiger partial charge on any atom is 0.452 e. The fraction of sp³-hybridized carbons (Fsp3) is 0.579. The number of nitrogens with two attached hydrogens (primary N) is 1. The van der Waals surface area contributed by atoms with Gasteiger partial charge in [-0.1, -0.05) is 19.9 Å². The van der Waals surface area contributed by atoms with Crippen LogP contribution >= 0.6 is 0 Å². The van der Waals surface area contributed by atoms with Crippen LogP contribution in [0.25, 0.3) is 0 Å². The van der Waals surface area contributed by atoms with Crippen LogP contribution in [0.15, 0.2) is 12.1 Å². The van der Waals surface area contributed by atoms with Crippen molar-refractivity contribution in [2.45, 2.75) is 32.2 Å². The van der Waals surface area contributed by atoms with Gasteiger partial charge in [0.15, 0.2) is 0 Å². The molecule has 2 rings (SSSR count). The monoisotopic (exact) mass is 423 g/mol. The molecule has 0 aliphatic carbocycles. The van der Waals surface area contributed by atoms with Crippen molar-refractivity contribution in [2.24, 2.45) is 11.7 Å². The van der Waals surface area contributed by atoms with Gasteiger partial charge in [-0.15, -0.1) is 0 Å². The molecule has 1 saturated heterocycles. The van der Waals surface area contributed by atoms with Crippen molar-refractivity contribution in [1.29, 1.82) is 0 Å². The first-order valence-electron chi connectivity index (χ1n) is 9.96. The third-order valence-corrected chi connectivity index (χ3v) is 5.12. The first-order valence-corrected chi connectivity index (χ1v) is 9.96. The number of hydrogen-bond acceptors (Lipinski definition) is 8. The van der Waals surface area contributed by atoms with E-state index in [2.05, 4.69) is 5.32 Å². The second kappa shape index (κ2) is 10.6. The zero-order valence-corrected chi connectivity index (χ0v) is 17.2. The second-order valence-electron chi connectivity index (χ2n) is 7.74. The van der Waals surface area contributed by atoms with Gasteiger partial charge in [-0.25, -0.2) is 4.79 Å². The smallest absolute Gasteiger partial charge is 0.452 e. The highest BCUT2D eigenvalue weighted by Gasteiger charge is 2.33. The van der Waals surface area contributed by atoms with E-state index in [1.807, 2.05) is 11.8 Å². The van der Waals surface area contributed by atoms with Gasteiger partial charge in [-0.2, -0.15) is 0 Å². The summed E-state index contributed by atoms with van der Waals surface area (Å²) < 4.78 is 5.78. The summed E-state index contributed by atoms with van der Waals surface area (Å²) in [7, 11) is -1.57. The number of ether oxygens (including phenoxy) is 1. The molecular formula is C19H30BN3O7. The third-order valence-electron chi connectivity index (χ3n) is 5.12. The minimum absolute atomic E-state index is 0.0402. The predicted octanol–water partition coefficient (Wildman–Crippen LogP) is -0.559. The van der Waals surface area contributed by atoms with E-state index < -0.39 is 24.8 Å². The Morgan fingerprint density at radius 2 is 2.00 bits per heavy atom. The average Bonchev–Trinajstić information content (AvgIpc) is 2.63. The molecule has 1 aromatic rings. The van der Waals surface area contributed by atoms with Crippen molar-refractivity contribution in [3.8, 4) is 11.5 Å². The highest BCUT2D eigenvalue weighted by atomic mass is 16.5. The molecule has 0 saturated carbocycles. The molecule has 1 aromatic carbocycles. The molecule has 7 N–H and O–H groups in total. The predicted molar refractivity (Wildman–Crippen MR) is 111 cm³/mol. The number of carbonyl (C=O) groups is 2. The standard InChI is InChI=1S/C19H30BN3O7/c1-11(7-20(28)29)14-3-4-15(16(17(14)24)19(26)27)30-13-9-23(10-13)8-12(2)18(25)22-6-5-21/h3-4,11-13,24,28-29H,5-10,21H2,1-2H3,(H,22,25)(H,26,27)/t11-,12-/m0/s1. The lowest BCUT2D eigenvalue weighted by atomic mass is 9.76. The molecule has 1 aliphatic heterocycles. The summed E-state index contributed by atoms with van der Waals surface area (Å²) in [6, 6.07) is 3.01. The molecule has 1 fully saturated rings. The lowest BCUT2D eigenvalue weighted by Gasteiger charge is -2.40. The Morgan fingerprint density at radius 3 is 2.57 bits per heavy atom. The Hall–Kier alpha value is -2.34. The van der Waals surface area contributed by atoms with Crippen LogP contribution in [0.1, 0.15) is 35.7 Å².